The van der Waals surface area contributed by atoms with Crippen LogP contribution < -0.4 is 0 Å². The van der Waals surface area contributed by atoms with Crippen molar-refractivity contribution >= 4 is 12.2 Å². The molecule has 1 saturated heterocycles. The van der Waals surface area contributed by atoms with Gasteiger partial charge >= 0.3 is 12.2 Å². The van der Waals surface area contributed by atoms with E-state index in [1.54, 1.807) is 0 Å². The molecule has 24 heavy (non-hydrogen) atoms. The molecule has 2 rings (SSSR count). The minimum Gasteiger partial charge on any atom is -0.444 e. The molecule has 0 bridgehead atoms. The molecule has 1 fully saturated rings. The number of nitrogens with zero attached hydrogens (tertiary/aromatic N) is 2. The third kappa shape index (κ3) is 5.73. The zero-order valence-corrected chi connectivity index (χ0v) is 14.4. The van der Waals surface area contributed by atoms with Crippen LogP contribution in [0.25, 0.3) is 0 Å². The lowest BCUT2D eigenvalue weighted by atomic mass is 10.2. The van der Waals surface area contributed by atoms with Crippen LogP contribution in [-0.2, 0) is 20.9 Å². The maximum absolute atomic E-state index is 12.1. The van der Waals surface area contributed by atoms with Gasteiger partial charge in [0.15, 0.2) is 0 Å². The molecule has 0 aliphatic carbocycles. The topological polar surface area (TPSA) is 68.3 Å². The second-order valence-corrected chi connectivity index (χ2v) is 6.44. The Morgan fingerprint density at radius 3 is 2.46 bits per heavy atom. The fourth-order valence-electron chi connectivity index (χ4n) is 2.09. The second-order valence-electron chi connectivity index (χ2n) is 6.44. The Hall–Kier alpha value is -2.28. The van der Waals surface area contributed by atoms with E-state index >= 15 is 0 Å². The summed E-state index contributed by atoms with van der Waals surface area (Å²) in [6.45, 7) is 6.74. The van der Waals surface area contributed by atoms with E-state index in [9.17, 15) is 9.59 Å². The van der Waals surface area contributed by atoms with Crippen molar-refractivity contribution in [3.63, 3.8) is 0 Å². The van der Waals surface area contributed by atoms with Crippen LogP contribution in [-0.4, -0.2) is 54.0 Å². The fourth-order valence-corrected chi connectivity index (χ4v) is 2.09. The SMILES string of the molecule is CC(C)(C)OC(=O)N1CCON(C(=O)OCc2ccccc2)CC1. The third-order valence-corrected chi connectivity index (χ3v) is 3.24. The van der Waals surface area contributed by atoms with E-state index in [1.807, 2.05) is 51.1 Å². The number of amides is 2. The third-order valence-electron chi connectivity index (χ3n) is 3.24. The molecule has 2 amide bonds. The summed E-state index contributed by atoms with van der Waals surface area (Å²) in [7, 11) is 0. The summed E-state index contributed by atoms with van der Waals surface area (Å²) in [6.07, 6.45) is -0.976. The smallest absolute Gasteiger partial charge is 0.434 e. The molecule has 1 aromatic rings. The van der Waals surface area contributed by atoms with Gasteiger partial charge in [0.05, 0.1) is 19.7 Å². The number of hydrogen-bond acceptors (Lipinski definition) is 5. The Kier molecular flexibility index (Phi) is 6.03. The highest BCUT2D eigenvalue weighted by Crippen LogP contribution is 2.12. The number of rotatable bonds is 2. The number of hydrogen-bond donors (Lipinski definition) is 0. The Morgan fingerprint density at radius 2 is 1.79 bits per heavy atom. The molecule has 1 aliphatic heterocycles. The number of carbonyl (C=O) groups excluding carboxylic acids is 2. The minimum absolute atomic E-state index is 0.176. The average Bonchev–Trinajstić information content (AvgIpc) is 2.78. The van der Waals surface area contributed by atoms with E-state index in [0.717, 1.165) is 10.6 Å². The molecule has 0 unspecified atom stereocenters. The first-order valence-electron chi connectivity index (χ1n) is 7.94. The Bertz CT molecular complexity index is 556. The van der Waals surface area contributed by atoms with Crippen LogP contribution in [0, 0.1) is 0 Å². The van der Waals surface area contributed by atoms with Crippen LogP contribution in [0.3, 0.4) is 0 Å². The number of carbonyl (C=O) groups is 2. The molecule has 0 aromatic heterocycles. The first kappa shape index (κ1) is 18.1. The molecule has 1 aromatic carbocycles. The van der Waals surface area contributed by atoms with Crippen LogP contribution in [0.15, 0.2) is 30.3 Å². The van der Waals surface area contributed by atoms with Crippen LogP contribution >= 0.6 is 0 Å². The Morgan fingerprint density at radius 1 is 1.08 bits per heavy atom. The highest BCUT2D eigenvalue weighted by molar-refractivity contribution is 5.69. The summed E-state index contributed by atoms with van der Waals surface area (Å²) >= 11 is 0. The van der Waals surface area contributed by atoms with Crippen molar-refractivity contribution in [2.75, 3.05) is 26.2 Å². The zero-order valence-electron chi connectivity index (χ0n) is 14.4. The first-order valence-corrected chi connectivity index (χ1v) is 7.94. The van der Waals surface area contributed by atoms with Gasteiger partial charge in [-0.25, -0.2) is 9.59 Å². The summed E-state index contributed by atoms with van der Waals surface area (Å²) in [4.78, 5) is 31.0. The molecule has 0 radical (unpaired) electrons. The van der Waals surface area contributed by atoms with E-state index in [0.29, 0.717) is 13.1 Å². The summed E-state index contributed by atoms with van der Waals surface area (Å²) < 4.78 is 10.6. The van der Waals surface area contributed by atoms with E-state index in [1.165, 1.54) is 4.90 Å². The van der Waals surface area contributed by atoms with Gasteiger partial charge in [0.25, 0.3) is 0 Å². The zero-order chi connectivity index (χ0) is 17.6. The number of hydroxylamine groups is 2. The number of benzene rings is 1. The molecule has 0 atom stereocenters. The van der Waals surface area contributed by atoms with Gasteiger partial charge in [-0.15, -0.1) is 0 Å². The van der Waals surface area contributed by atoms with Gasteiger partial charge in [-0.1, -0.05) is 30.3 Å². The van der Waals surface area contributed by atoms with Gasteiger partial charge < -0.3 is 14.4 Å². The Labute approximate surface area is 142 Å². The largest absolute Gasteiger partial charge is 0.444 e. The van der Waals surface area contributed by atoms with Crippen molar-refractivity contribution in [1.29, 1.82) is 0 Å². The van der Waals surface area contributed by atoms with Crippen molar-refractivity contribution in [1.82, 2.24) is 9.96 Å². The van der Waals surface area contributed by atoms with Crippen LogP contribution in [0.1, 0.15) is 26.3 Å². The lowest BCUT2D eigenvalue weighted by molar-refractivity contribution is -0.126. The van der Waals surface area contributed by atoms with Crippen molar-refractivity contribution < 1.29 is 23.9 Å². The van der Waals surface area contributed by atoms with Gasteiger partial charge in [-0.3, -0.25) is 4.84 Å². The van der Waals surface area contributed by atoms with E-state index in [-0.39, 0.29) is 19.8 Å². The standard InChI is InChI=1S/C17H24N2O5/c1-17(2,3)24-15(20)18-9-10-19(23-12-11-18)16(21)22-13-14-7-5-4-6-8-14/h4-8H,9-13H2,1-3H3. The molecule has 0 saturated carbocycles. The maximum Gasteiger partial charge on any atom is 0.434 e. The van der Waals surface area contributed by atoms with Gasteiger partial charge in [0.1, 0.15) is 12.2 Å². The summed E-state index contributed by atoms with van der Waals surface area (Å²) in [5, 5.41) is 1.15. The normalized spacial score (nSPS) is 15.6. The summed E-state index contributed by atoms with van der Waals surface area (Å²) in [6, 6.07) is 9.41. The van der Waals surface area contributed by atoms with Crippen LogP contribution in [0.4, 0.5) is 9.59 Å². The molecule has 0 spiro atoms. The molecular weight excluding hydrogens is 312 g/mol. The highest BCUT2D eigenvalue weighted by Gasteiger charge is 2.27. The maximum atomic E-state index is 12.1. The van der Waals surface area contributed by atoms with E-state index in [2.05, 4.69) is 0 Å². The molecule has 7 nitrogen and oxygen atoms in total. The van der Waals surface area contributed by atoms with Crippen LogP contribution in [0.2, 0.25) is 0 Å². The van der Waals surface area contributed by atoms with Gasteiger partial charge in [0.2, 0.25) is 0 Å². The van der Waals surface area contributed by atoms with E-state index < -0.39 is 17.8 Å². The molecule has 7 heteroatoms. The lowest BCUT2D eigenvalue weighted by Crippen LogP contribution is -2.40. The molecule has 1 aliphatic rings. The quantitative estimate of drug-likeness (QED) is 0.831. The predicted molar refractivity (Wildman–Crippen MR) is 87.1 cm³/mol. The predicted octanol–water partition coefficient (Wildman–Crippen LogP) is 2.81. The van der Waals surface area contributed by atoms with Gasteiger partial charge in [-0.2, -0.15) is 5.06 Å². The highest BCUT2D eigenvalue weighted by atomic mass is 16.7. The van der Waals surface area contributed by atoms with Gasteiger partial charge in [0, 0.05) is 6.54 Å². The lowest BCUT2D eigenvalue weighted by Gasteiger charge is -2.25. The monoisotopic (exact) mass is 336 g/mol. The van der Waals surface area contributed by atoms with Crippen LogP contribution in [0.5, 0.6) is 0 Å². The van der Waals surface area contributed by atoms with Crippen molar-refractivity contribution in [3.05, 3.63) is 35.9 Å². The molecular formula is C17H24N2O5. The minimum atomic E-state index is -0.565. The van der Waals surface area contributed by atoms with Gasteiger partial charge in [-0.05, 0) is 26.3 Å². The van der Waals surface area contributed by atoms with Crippen molar-refractivity contribution in [3.8, 4) is 0 Å². The summed E-state index contributed by atoms with van der Waals surface area (Å²) in [5.41, 5.74) is 0.342. The molecule has 1 heterocycles. The van der Waals surface area contributed by atoms with E-state index in [4.69, 9.17) is 14.3 Å². The molecule has 132 valence electrons. The second kappa shape index (κ2) is 8.01. The van der Waals surface area contributed by atoms with Crippen molar-refractivity contribution in [2.24, 2.45) is 0 Å². The Balaban J connectivity index is 1.81. The fraction of sp³-hybridized carbons (Fsp3) is 0.529. The average molecular weight is 336 g/mol. The molecule has 0 N–H and O–H groups in total. The number of ether oxygens (including phenoxy) is 2. The van der Waals surface area contributed by atoms with Crippen molar-refractivity contribution in [2.45, 2.75) is 33.0 Å². The summed E-state index contributed by atoms with van der Waals surface area (Å²) in [5.74, 6) is 0. The first-order chi connectivity index (χ1) is 11.3.